The van der Waals surface area contributed by atoms with Gasteiger partial charge in [-0.3, -0.25) is 0 Å². The molecule has 2 aromatic heterocycles. The molecule has 2 heterocycles. The average Bonchev–Trinajstić information content (AvgIpc) is 3.02. The van der Waals surface area contributed by atoms with E-state index < -0.39 is 0 Å². The van der Waals surface area contributed by atoms with Gasteiger partial charge in [0.05, 0.1) is 5.39 Å². The Labute approximate surface area is 146 Å². The molecule has 5 nitrogen and oxygen atoms in total. The maximum Gasteiger partial charge on any atom is 0.229 e. The van der Waals surface area contributed by atoms with Gasteiger partial charge in [-0.25, -0.2) is 9.67 Å². The van der Waals surface area contributed by atoms with Crippen molar-refractivity contribution in [1.29, 1.82) is 0 Å². The molecule has 0 saturated carbocycles. The molecule has 2 aromatic carbocycles. The first-order valence-electron chi connectivity index (χ1n) is 8.35. The minimum absolute atomic E-state index is 0.208. The van der Waals surface area contributed by atoms with Crippen molar-refractivity contribution in [2.75, 3.05) is 5.32 Å². The number of fused-ring (bicyclic) bond motifs is 1. The van der Waals surface area contributed by atoms with Crippen LogP contribution in [0.25, 0.3) is 22.3 Å². The van der Waals surface area contributed by atoms with Crippen LogP contribution >= 0.6 is 0 Å². The number of hydrogen-bond acceptors (Lipinski definition) is 4. The second-order valence-corrected chi connectivity index (χ2v) is 6.17. The lowest BCUT2D eigenvalue weighted by molar-refractivity contribution is 0.548. The topological polar surface area (TPSA) is 55.6 Å². The van der Waals surface area contributed by atoms with Crippen LogP contribution in [-0.2, 0) is 0 Å². The summed E-state index contributed by atoms with van der Waals surface area (Å²) in [6.45, 7) is 4.21. The van der Waals surface area contributed by atoms with Gasteiger partial charge in [0.25, 0.3) is 0 Å². The van der Waals surface area contributed by atoms with Gasteiger partial charge >= 0.3 is 0 Å². The Morgan fingerprint density at radius 1 is 0.920 bits per heavy atom. The Morgan fingerprint density at radius 3 is 2.28 bits per heavy atom. The maximum absolute atomic E-state index is 4.79. The third kappa shape index (κ3) is 2.96. The normalized spacial score (nSPS) is 11.2. The molecule has 0 aliphatic rings. The van der Waals surface area contributed by atoms with E-state index in [1.54, 1.807) is 0 Å². The minimum Gasteiger partial charge on any atom is -0.324 e. The molecule has 4 rings (SSSR count). The van der Waals surface area contributed by atoms with E-state index in [0.717, 1.165) is 28.0 Å². The Hall–Kier alpha value is -3.21. The quantitative estimate of drug-likeness (QED) is 0.583. The molecular formula is C20H19N5. The van der Waals surface area contributed by atoms with E-state index in [1.165, 1.54) is 0 Å². The number of hydrogen-bond donors (Lipinski definition) is 1. The molecule has 0 bridgehead atoms. The van der Waals surface area contributed by atoms with Crippen LogP contribution in [0, 0.1) is 0 Å². The lowest BCUT2D eigenvalue weighted by Gasteiger charge is -2.07. The van der Waals surface area contributed by atoms with Crippen LogP contribution in [-0.4, -0.2) is 19.7 Å². The summed E-state index contributed by atoms with van der Waals surface area (Å²) >= 11 is 0. The van der Waals surface area contributed by atoms with Crippen LogP contribution in [0.5, 0.6) is 0 Å². The van der Waals surface area contributed by atoms with Gasteiger partial charge in [-0.2, -0.15) is 10.1 Å². The Morgan fingerprint density at radius 2 is 1.60 bits per heavy atom. The molecule has 0 fully saturated rings. The van der Waals surface area contributed by atoms with Gasteiger partial charge in [0.2, 0.25) is 5.95 Å². The Bertz CT molecular complexity index is 991. The van der Waals surface area contributed by atoms with E-state index in [-0.39, 0.29) is 6.04 Å². The average molecular weight is 329 g/mol. The van der Waals surface area contributed by atoms with Crippen LogP contribution in [0.15, 0.2) is 66.9 Å². The van der Waals surface area contributed by atoms with E-state index in [1.807, 2.05) is 59.4 Å². The zero-order chi connectivity index (χ0) is 17.2. The van der Waals surface area contributed by atoms with E-state index in [4.69, 9.17) is 10.1 Å². The largest absolute Gasteiger partial charge is 0.324 e. The van der Waals surface area contributed by atoms with Crippen molar-refractivity contribution in [2.45, 2.75) is 19.9 Å². The zero-order valence-corrected chi connectivity index (χ0v) is 14.2. The standard InChI is InChI=1S/C20H19N5/c1-14(2)25-19-17(18(24-25)15-9-5-3-6-10-15)13-21-20(23-19)22-16-11-7-4-8-12-16/h3-14H,1-2H3,(H,21,22,23). The van der Waals surface area contributed by atoms with E-state index in [9.17, 15) is 0 Å². The highest BCUT2D eigenvalue weighted by molar-refractivity contribution is 5.91. The monoisotopic (exact) mass is 329 g/mol. The van der Waals surface area contributed by atoms with Gasteiger partial charge in [0.15, 0.2) is 5.65 Å². The molecule has 0 atom stereocenters. The van der Waals surface area contributed by atoms with Gasteiger partial charge in [-0.1, -0.05) is 48.5 Å². The van der Waals surface area contributed by atoms with Crippen LogP contribution in [0.2, 0.25) is 0 Å². The van der Waals surface area contributed by atoms with Crippen molar-refractivity contribution in [3.8, 4) is 11.3 Å². The van der Waals surface area contributed by atoms with Crippen molar-refractivity contribution in [3.05, 3.63) is 66.9 Å². The van der Waals surface area contributed by atoms with Gasteiger partial charge < -0.3 is 5.32 Å². The molecule has 4 aromatic rings. The van der Waals surface area contributed by atoms with Crippen molar-refractivity contribution in [1.82, 2.24) is 19.7 Å². The number of benzene rings is 2. The summed E-state index contributed by atoms with van der Waals surface area (Å²) in [5.74, 6) is 0.570. The second kappa shape index (κ2) is 6.36. The Balaban J connectivity index is 1.83. The van der Waals surface area contributed by atoms with Crippen molar-refractivity contribution >= 4 is 22.7 Å². The van der Waals surface area contributed by atoms with Gasteiger partial charge in [-0.05, 0) is 26.0 Å². The predicted molar refractivity (Wildman–Crippen MR) is 101 cm³/mol. The number of rotatable bonds is 4. The van der Waals surface area contributed by atoms with Crippen LogP contribution < -0.4 is 5.32 Å². The van der Waals surface area contributed by atoms with Gasteiger partial charge in [0.1, 0.15) is 5.69 Å². The third-order valence-electron chi connectivity index (χ3n) is 4.01. The molecule has 0 saturated heterocycles. The fourth-order valence-electron chi connectivity index (χ4n) is 2.80. The zero-order valence-electron chi connectivity index (χ0n) is 14.2. The van der Waals surface area contributed by atoms with E-state index in [0.29, 0.717) is 5.95 Å². The summed E-state index contributed by atoms with van der Waals surface area (Å²) < 4.78 is 1.95. The molecule has 25 heavy (non-hydrogen) atoms. The Kier molecular flexibility index (Phi) is 3.90. The lowest BCUT2D eigenvalue weighted by atomic mass is 10.1. The number of nitrogens with zero attached hydrogens (tertiary/aromatic N) is 4. The molecule has 1 N–H and O–H groups in total. The fourth-order valence-corrected chi connectivity index (χ4v) is 2.80. The number of aromatic nitrogens is 4. The van der Waals surface area contributed by atoms with Crippen molar-refractivity contribution in [3.63, 3.8) is 0 Å². The SMILES string of the molecule is CC(C)n1nc(-c2ccccc2)c2cnc(Nc3ccccc3)nc21. The molecule has 5 heteroatoms. The summed E-state index contributed by atoms with van der Waals surface area (Å²) in [5.41, 5.74) is 3.78. The smallest absolute Gasteiger partial charge is 0.229 e. The maximum atomic E-state index is 4.79. The van der Waals surface area contributed by atoms with Gasteiger partial charge in [-0.15, -0.1) is 0 Å². The number of para-hydroxylation sites is 1. The molecule has 0 aliphatic carbocycles. The van der Waals surface area contributed by atoms with Crippen molar-refractivity contribution < 1.29 is 0 Å². The first-order valence-corrected chi connectivity index (χ1v) is 8.35. The van der Waals surface area contributed by atoms with E-state index >= 15 is 0 Å². The van der Waals surface area contributed by atoms with Gasteiger partial charge in [0, 0.05) is 23.5 Å². The first kappa shape index (κ1) is 15.3. The van der Waals surface area contributed by atoms with Crippen LogP contribution in [0.3, 0.4) is 0 Å². The third-order valence-corrected chi connectivity index (χ3v) is 4.01. The fraction of sp³-hybridized carbons (Fsp3) is 0.150. The highest BCUT2D eigenvalue weighted by atomic mass is 15.3. The molecule has 0 radical (unpaired) electrons. The number of anilines is 2. The molecule has 0 amide bonds. The first-order chi connectivity index (χ1) is 12.2. The summed E-state index contributed by atoms with van der Waals surface area (Å²) in [7, 11) is 0. The van der Waals surface area contributed by atoms with Crippen molar-refractivity contribution in [2.24, 2.45) is 0 Å². The summed E-state index contributed by atoms with van der Waals surface area (Å²) in [4.78, 5) is 9.20. The van der Waals surface area contributed by atoms with Crippen LogP contribution in [0.4, 0.5) is 11.6 Å². The summed E-state index contributed by atoms with van der Waals surface area (Å²) in [6, 6.07) is 20.3. The molecular weight excluding hydrogens is 310 g/mol. The molecule has 0 spiro atoms. The van der Waals surface area contributed by atoms with Crippen LogP contribution in [0.1, 0.15) is 19.9 Å². The minimum atomic E-state index is 0.208. The lowest BCUT2D eigenvalue weighted by Crippen LogP contribution is -2.05. The van der Waals surface area contributed by atoms with E-state index in [2.05, 4.69) is 36.3 Å². The number of nitrogens with one attached hydrogen (secondary N) is 1. The predicted octanol–water partition coefficient (Wildman–Crippen LogP) is 4.82. The summed E-state index contributed by atoms with van der Waals surface area (Å²) in [5, 5.41) is 9.00. The molecule has 0 aliphatic heterocycles. The summed E-state index contributed by atoms with van der Waals surface area (Å²) in [6.07, 6.45) is 1.85. The highest BCUT2D eigenvalue weighted by Gasteiger charge is 2.16. The molecule has 0 unspecified atom stereocenters. The highest BCUT2D eigenvalue weighted by Crippen LogP contribution is 2.29. The molecule has 124 valence electrons. The second-order valence-electron chi connectivity index (χ2n) is 6.17.